The summed E-state index contributed by atoms with van der Waals surface area (Å²) in [6, 6.07) is 2.08. The lowest BCUT2D eigenvalue weighted by Crippen LogP contribution is -2.30. The summed E-state index contributed by atoms with van der Waals surface area (Å²) in [5.41, 5.74) is 4.02. The van der Waals surface area contributed by atoms with Gasteiger partial charge in [-0.15, -0.1) is 11.3 Å². The molecule has 0 aliphatic heterocycles. The fourth-order valence-electron chi connectivity index (χ4n) is 3.55. The maximum Gasteiger partial charge on any atom is 0.341 e. The highest BCUT2D eigenvalue weighted by Gasteiger charge is 2.26. The molecule has 0 radical (unpaired) electrons. The molecule has 0 spiro atoms. The van der Waals surface area contributed by atoms with Crippen LogP contribution < -0.4 is 10.6 Å². The van der Waals surface area contributed by atoms with Gasteiger partial charge in [0.15, 0.2) is 5.11 Å². The molecular formula is C20H28N4O2S2. The number of rotatable bonds is 7. The van der Waals surface area contributed by atoms with Crippen molar-refractivity contribution >= 4 is 39.6 Å². The number of anilines is 1. The molecule has 3 rings (SSSR count). The van der Waals surface area contributed by atoms with Crippen LogP contribution in [0.4, 0.5) is 5.00 Å². The fourth-order valence-corrected chi connectivity index (χ4v) is 5.10. The number of thiophene rings is 1. The number of nitrogens with zero attached hydrogens (tertiary/aromatic N) is 2. The first-order chi connectivity index (χ1) is 13.5. The number of ether oxygens (including phenoxy) is 1. The van der Waals surface area contributed by atoms with Crippen LogP contribution in [0, 0.1) is 13.8 Å². The van der Waals surface area contributed by atoms with E-state index in [0.717, 1.165) is 55.0 Å². The Kier molecular flexibility index (Phi) is 7.07. The van der Waals surface area contributed by atoms with Gasteiger partial charge in [0.2, 0.25) is 0 Å². The van der Waals surface area contributed by atoms with E-state index >= 15 is 0 Å². The average Bonchev–Trinajstić information content (AvgIpc) is 3.17. The van der Waals surface area contributed by atoms with Crippen LogP contribution in [0.3, 0.4) is 0 Å². The molecule has 28 heavy (non-hydrogen) atoms. The number of aromatic nitrogens is 2. The quantitative estimate of drug-likeness (QED) is 0.401. The third kappa shape index (κ3) is 4.91. The molecule has 6 nitrogen and oxygen atoms in total. The maximum absolute atomic E-state index is 12.5. The highest BCUT2D eigenvalue weighted by atomic mass is 32.1. The monoisotopic (exact) mass is 420 g/mol. The molecule has 0 saturated heterocycles. The van der Waals surface area contributed by atoms with E-state index in [2.05, 4.69) is 28.7 Å². The molecule has 152 valence electrons. The van der Waals surface area contributed by atoms with Gasteiger partial charge in [-0.2, -0.15) is 5.10 Å². The zero-order chi connectivity index (χ0) is 20.1. The molecule has 1 aliphatic rings. The van der Waals surface area contributed by atoms with E-state index in [1.807, 2.05) is 18.5 Å². The summed E-state index contributed by atoms with van der Waals surface area (Å²) in [4.78, 5) is 13.8. The van der Waals surface area contributed by atoms with Crippen LogP contribution in [0.25, 0.3) is 0 Å². The number of hydrogen-bond acceptors (Lipinski definition) is 5. The number of carbonyl (C=O) groups is 1. The van der Waals surface area contributed by atoms with Crippen LogP contribution >= 0.6 is 23.6 Å². The number of fused-ring (bicyclic) bond motifs is 1. The Hall–Kier alpha value is -1.93. The number of nitrogens with one attached hydrogen (secondary N) is 2. The lowest BCUT2D eigenvalue weighted by atomic mass is 9.95. The van der Waals surface area contributed by atoms with Crippen molar-refractivity contribution in [2.24, 2.45) is 0 Å². The standard InChI is InChI=1S/C20H28N4O2S2/c1-4-26-19(25)17-15-8-5-6-9-16(15)28-18(17)22-20(27)21-10-7-11-24-14(3)12-13(2)23-24/h12H,4-11H2,1-3H3,(H2,21,22,27). The van der Waals surface area contributed by atoms with Gasteiger partial charge in [0.1, 0.15) is 5.00 Å². The number of carbonyl (C=O) groups excluding carboxylic acids is 1. The minimum atomic E-state index is -0.253. The van der Waals surface area contributed by atoms with Gasteiger partial charge in [-0.1, -0.05) is 0 Å². The van der Waals surface area contributed by atoms with E-state index in [4.69, 9.17) is 17.0 Å². The Bertz CT molecular complexity index is 857. The lowest BCUT2D eigenvalue weighted by Gasteiger charge is -2.13. The van der Waals surface area contributed by atoms with Gasteiger partial charge in [-0.3, -0.25) is 4.68 Å². The molecular weight excluding hydrogens is 392 g/mol. The molecule has 2 aromatic rings. The minimum Gasteiger partial charge on any atom is -0.462 e. The van der Waals surface area contributed by atoms with Crippen molar-refractivity contribution in [2.45, 2.75) is 59.4 Å². The van der Waals surface area contributed by atoms with E-state index in [1.165, 1.54) is 17.0 Å². The Morgan fingerprint density at radius 3 is 2.86 bits per heavy atom. The van der Waals surface area contributed by atoms with Crippen molar-refractivity contribution in [1.82, 2.24) is 15.1 Å². The van der Waals surface area contributed by atoms with Gasteiger partial charge in [-0.25, -0.2) is 4.79 Å². The van der Waals surface area contributed by atoms with Crippen LogP contribution in [0.5, 0.6) is 0 Å². The molecule has 2 N–H and O–H groups in total. The number of thiocarbonyl (C=S) groups is 1. The molecule has 0 fully saturated rings. The second-order valence-corrected chi connectivity index (χ2v) is 8.53. The van der Waals surface area contributed by atoms with Crippen molar-refractivity contribution in [2.75, 3.05) is 18.5 Å². The number of aryl methyl sites for hydroxylation is 4. The zero-order valence-corrected chi connectivity index (χ0v) is 18.4. The van der Waals surface area contributed by atoms with E-state index < -0.39 is 0 Å². The molecule has 0 unspecified atom stereocenters. The van der Waals surface area contributed by atoms with Crippen LogP contribution in [-0.4, -0.2) is 34.0 Å². The molecule has 8 heteroatoms. The third-order valence-electron chi connectivity index (χ3n) is 4.81. The van der Waals surface area contributed by atoms with Crippen LogP contribution in [0.1, 0.15) is 58.4 Å². The molecule has 1 aliphatic carbocycles. The van der Waals surface area contributed by atoms with E-state index in [1.54, 1.807) is 11.3 Å². The predicted molar refractivity (Wildman–Crippen MR) is 117 cm³/mol. The summed E-state index contributed by atoms with van der Waals surface area (Å²) in [5, 5.41) is 12.3. The first kappa shape index (κ1) is 20.8. The Morgan fingerprint density at radius 1 is 1.36 bits per heavy atom. The lowest BCUT2D eigenvalue weighted by molar-refractivity contribution is 0.0526. The summed E-state index contributed by atoms with van der Waals surface area (Å²) in [5.74, 6) is -0.253. The zero-order valence-electron chi connectivity index (χ0n) is 16.8. The van der Waals surface area contributed by atoms with Crippen LogP contribution in [-0.2, 0) is 24.1 Å². The van der Waals surface area contributed by atoms with Crippen molar-refractivity contribution in [3.8, 4) is 0 Å². The Labute approximate surface area is 175 Å². The molecule has 0 amide bonds. The first-order valence-electron chi connectivity index (χ1n) is 9.87. The SMILES string of the molecule is CCOC(=O)c1c(NC(=S)NCCCn2nc(C)cc2C)sc2c1CCCC2. The largest absolute Gasteiger partial charge is 0.462 e. The molecule has 2 heterocycles. The minimum absolute atomic E-state index is 0.253. The average molecular weight is 421 g/mol. The van der Waals surface area contributed by atoms with Crippen LogP contribution in [0.15, 0.2) is 6.07 Å². The molecule has 0 atom stereocenters. The summed E-state index contributed by atoms with van der Waals surface area (Å²) in [6.07, 6.45) is 5.16. The third-order valence-corrected chi connectivity index (χ3v) is 6.27. The highest BCUT2D eigenvalue weighted by Crippen LogP contribution is 2.38. The Morgan fingerprint density at radius 2 is 2.14 bits per heavy atom. The Balaban J connectivity index is 1.58. The van der Waals surface area contributed by atoms with Crippen molar-refractivity contribution in [1.29, 1.82) is 0 Å². The predicted octanol–water partition coefficient (Wildman–Crippen LogP) is 3.99. The van der Waals surface area contributed by atoms with Crippen molar-refractivity contribution in [3.63, 3.8) is 0 Å². The summed E-state index contributed by atoms with van der Waals surface area (Å²) in [7, 11) is 0. The highest BCUT2D eigenvalue weighted by molar-refractivity contribution is 7.80. The molecule has 0 saturated carbocycles. The van der Waals surface area contributed by atoms with E-state index in [0.29, 0.717) is 17.3 Å². The second-order valence-electron chi connectivity index (χ2n) is 7.02. The number of hydrogen-bond donors (Lipinski definition) is 2. The van der Waals surface area contributed by atoms with Gasteiger partial charge in [0.25, 0.3) is 0 Å². The van der Waals surface area contributed by atoms with Gasteiger partial charge in [0.05, 0.1) is 17.9 Å². The number of esters is 1. The molecule has 2 aromatic heterocycles. The van der Waals surface area contributed by atoms with Crippen LogP contribution in [0.2, 0.25) is 0 Å². The van der Waals surface area contributed by atoms with Gasteiger partial charge in [0, 0.05) is 23.7 Å². The smallest absolute Gasteiger partial charge is 0.341 e. The normalized spacial score (nSPS) is 13.1. The van der Waals surface area contributed by atoms with Gasteiger partial charge < -0.3 is 15.4 Å². The van der Waals surface area contributed by atoms with Gasteiger partial charge in [-0.05, 0) is 76.7 Å². The van der Waals surface area contributed by atoms with Crippen molar-refractivity contribution in [3.05, 3.63) is 33.5 Å². The summed E-state index contributed by atoms with van der Waals surface area (Å²) >= 11 is 7.09. The molecule has 0 bridgehead atoms. The molecule has 0 aromatic carbocycles. The van der Waals surface area contributed by atoms with Gasteiger partial charge >= 0.3 is 5.97 Å². The maximum atomic E-state index is 12.5. The van der Waals surface area contributed by atoms with E-state index in [9.17, 15) is 4.79 Å². The first-order valence-corrected chi connectivity index (χ1v) is 11.1. The van der Waals surface area contributed by atoms with Crippen molar-refractivity contribution < 1.29 is 9.53 Å². The fraction of sp³-hybridized carbons (Fsp3) is 0.550. The van der Waals surface area contributed by atoms with E-state index in [-0.39, 0.29) is 5.97 Å². The topological polar surface area (TPSA) is 68.2 Å². The summed E-state index contributed by atoms with van der Waals surface area (Å²) in [6.45, 7) is 7.86. The second kappa shape index (κ2) is 9.52. The summed E-state index contributed by atoms with van der Waals surface area (Å²) < 4.78 is 7.30.